The van der Waals surface area contributed by atoms with Crippen molar-refractivity contribution in [1.29, 1.82) is 0 Å². The first-order valence-electron chi connectivity index (χ1n) is 10.3. The summed E-state index contributed by atoms with van der Waals surface area (Å²) in [6.07, 6.45) is 2.26. The number of rotatable bonds is 4. The second kappa shape index (κ2) is 11.9. The molecule has 1 aliphatic heterocycles. The molecule has 0 bridgehead atoms. The highest BCUT2D eigenvalue weighted by atomic mass is 17.1. The second-order valence-corrected chi connectivity index (χ2v) is 6.73. The summed E-state index contributed by atoms with van der Waals surface area (Å²) in [7, 11) is 2.20. The average Bonchev–Trinajstić information content (AvgIpc) is 2.73. The molecular formula is C24H37NO2. The molecule has 0 atom stereocenters. The molecule has 1 heterocycles. The summed E-state index contributed by atoms with van der Waals surface area (Å²) in [5.41, 5.74) is 5.15. The van der Waals surface area contributed by atoms with Crippen LogP contribution < -0.4 is 0 Å². The van der Waals surface area contributed by atoms with Crippen LogP contribution in [0.1, 0.15) is 62.8 Å². The van der Waals surface area contributed by atoms with Crippen molar-refractivity contribution in [2.24, 2.45) is 0 Å². The van der Waals surface area contributed by atoms with E-state index in [1.165, 1.54) is 16.7 Å². The van der Waals surface area contributed by atoms with Crippen molar-refractivity contribution >= 4 is 0 Å². The normalized spacial score (nSPS) is 15.8. The van der Waals surface area contributed by atoms with E-state index in [2.05, 4.69) is 72.3 Å². The van der Waals surface area contributed by atoms with E-state index in [0.717, 1.165) is 31.5 Å². The molecule has 3 nitrogen and oxygen atoms in total. The van der Waals surface area contributed by atoms with Crippen molar-refractivity contribution in [3.63, 3.8) is 0 Å². The Kier molecular flexibility index (Phi) is 10.3. The largest absolute Gasteiger partial charge is 0.306 e. The van der Waals surface area contributed by atoms with Crippen molar-refractivity contribution < 1.29 is 10.1 Å². The van der Waals surface area contributed by atoms with E-state index in [4.69, 9.17) is 5.26 Å². The molecule has 0 aliphatic carbocycles. The van der Waals surface area contributed by atoms with E-state index in [9.17, 15) is 0 Å². The molecule has 3 heteroatoms. The second-order valence-electron chi connectivity index (χ2n) is 6.73. The molecule has 2 aromatic rings. The maximum absolute atomic E-state index is 8.62. The number of benzene rings is 2. The van der Waals surface area contributed by atoms with Crippen LogP contribution in [0, 0.1) is 6.92 Å². The van der Waals surface area contributed by atoms with Gasteiger partial charge in [0, 0.05) is 5.41 Å². The molecule has 3 rings (SSSR count). The van der Waals surface area contributed by atoms with E-state index in [1.807, 2.05) is 27.7 Å². The topological polar surface area (TPSA) is 32.7 Å². The molecule has 0 unspecified atom stereocenters. The van der Waals surface area contributed by atoms with Crippen LogP contribution in [0.25, 0.3) is 0 Å². The van der Waals surface area contributed by atoms with Gasteiger partial charge in [0.25, 0.3) is 0 Å². The Bertz CT molecular complexity index is 644. The predicted molar refractivity (Wildman–Crippen MR) is 115 cm³/mol. The van der Waals surface area contributed by atoms with Crippen LogP contribution in [0.15, 0.2) is 48.5 Å². The lowest BCUT2D eigenvalue weighted by Gasteiger charge is -2.42. The van der Waals surface area contributed by atoms with Crippen molar-refractivity contribution in [2.45, 2.75) is 59.5 Å². The van der Waals surface area contributed by atoms with Crippen LogP contribution in [0.2, 0.25) is 0 Å². The predicted octanol–water partition coefficient (Wildman–Crippen LogP) is 6.05. The summed E-state index contributed by atoms with van der Waals surface area (Å²) in [5.74, 6) is 0. The van der Waals surface area contributed by atoms with Crippen LogP contribution in [-0.2, 0) is 16.9 Å². The van der Waals surface area contributed by atoms with Crippen molar-refractivity contribution in [3.8, 4) is 0 Å². The minimum atomic E-state index is 0.0805. The van der Waals surface area contributed by atoms with E-state index in [-0.39, 0.29) is 12.0 Å². The SMILES string of the molecule is CC.CC.Cc1cccc(C2(c3ccc(COO)cc3)CCN(C)CC2)c1. The Balaban J connectivity index is 0.000000855. The standard InChI is InChI=1S/C20H25NO2.2C2H6/c1-16-4-3-5-19(14-16)20(10-12-21(2)13-11-20)18-8-6-17(7-9-18)15-23-22;2*1-2/h3-9,14,22H,10-13,15H2,1-2H3;2*1-2H3. The van der Waals surface area contributed by atoms with Crippen LogP contribution >= 0.6 is 0 Å². The van der Waals surface area contributed by atoms with Crippen molar-refractivity contribution in [1.82, 2.24) is 4.90 Å². The summed E-state index contributed by atoms with van der Waals surface area (Å²) in [5, 5.41) is 8.62. The third kappa shape index (κ3) is 5.90. The lowest BCUT2D eigenvalue weighted by Crippen LogP contribution is -2.41. The number of aryl methyl sites for hydroxylation is 1. The number of piperidine rings is 1. The van der Waals surface area contributed by atoms with Crippen molar-refractivity contribution in [3.05, 3.63) is 70.8 Å². The molecule has 150 valence electrons. The number of hydrogen-bond acceptors (Lipinski definition) is 3. The molecule has 0 saturated carbocycles. The van der Waals surface area contributed by atoms with Gasteiger partial charge >= 0.3 is 0 Å². The summed E-state index contributed by atoms with van der Waals surface area (Å²) >= 11 is 0. The summed E-state index contributed by atoms with van der Waals surface area (Å²) < 4.78 is 0. The highest BCUT2D eigenvalue weighted by Crippen LogP contribution is 2.41. The minimum Gasteiger partial charge on any atom is -0.306 e. The van der Waals surface area contributed by atoms with Crippen LogP contribution in [0.3, 0.4) is 0 Å². The summed E-state index contributed by atoms with van der Waals surface area (Å²) in [6.45, 7) is 12.6. The number of likely N-dealkylation sites (tertiary alicyclic amines) is 1. The molecule has 2 aromatic carbocycles. The molecule has 0 aromatic heterocycles. The van der Waals surface area contributed by atoms with Gasteiger partial charge < -0.3 is 4.90 Å². The fraction of sp³-hybridized carbons (Fsp3) is 0.500. The molecule has 0 amide bonds. The monoisotopic (exact) mass is 371 g/mol. The van der Waals surface area contributed by atoms with Gasteiger partial charge in [-0.05, 0) is 56.6 Å². The van der Waals surface area contributed by atoms with Crippen molar-refractivity contribution in [2.75, 3.05) is 20.1 Å². The third-order valence-electron chi connectivity index (χ3n) is 5.15. The van der Waals surface area contributed by atoms with Gasteiger partial charge in [-0.3, -0.25) is 5.26 Å². The molecule has 1 saturated heterocycles. The first kappa shape index (κ1) is 23.4. The van der Waals surface area contributed by atoms with Gasteiger partial charge in [-0.1, -0.05) is 81.8 Å². The average molecular weight is 372 g/mol. The van der Waals surface area contributed by atoms with Gasteiger partial charge in [-0.25, -0.2) is 4.89 Å². The van der Waals surface area contributed by atoms with Crippen LogP contribution in [0.5, 0.6) is 0 Å². The van der Waals surface area contributed by atoms with Gasteiger partial charge in [0.2, 0.25) is 0 Å². The van der Waals surface area contributed by atoms with Crippen LogP contribution in [0.4, 0.5) is 0 Å². The lowest BCUT2D eigenvalue weighted by atomic mass is 9.68. The maximum Gasteiger partial charge on any atom is 0.107 e. The Labute approximate surface area is 165 Å². The Morgan fingerprint density at radius 2 is 1.52 bits per heavy atom. The van der Waals surface area contributed by atoms with Gasteiger partial charge in [0.05, 0.1) is 0 Å². The van der Waals surface area contributed by atoms with E-state index < -0.39 is 0 Å². The maximum atomic E-state index is 8.62. The Morgan fingerprint density at radius 1 is 0.926 bits per heavy atom. The quantitative estimate of drug-likeness (QED) is 0.524. The van der Waals surface area contributed by atoms with Gasteiger partial charge in [-0.2, -0.15) is 0 Å². The molecule has 1 fully saturated rings. The first-order chi connectivity index (χ1) is 13.1. The summed E-state index contributed by atoms with van der Waals surface area (Å²) in [6, 6.07) is 17.4. The fourth-order valence-electron chi connectivity index (χ4n) is 3.68. The lowest BCUT2D eigenvalue weighted by molar-refractivity contribution is -0.253. The fourth-order valence-corrected chi connectivity index (χ4v) is 3.68. The first-order valence-corrected chi connectivity index (χ1v) is 10.3. The zero-order valence-corrected chi connectivity index (χ0v) is 18.0. The molecule has 0 spiro atoms. The minimum absolute atomic E-state index is 0.0805. The molecule has 1 N–H and O–H groups in total. The van der Waals surface area contributed by atoms with Gasteiger partial charge in [0.15, 0.2) is 0 Å². The van der Waals surface area contributed by atoms with E-state index >= 15 is 0 Å². The van der Waals surface area contributed by atoms with E-state index in [0.29, 0.717) is 0 Å². The summed E-state index contributed by atoms with van der Waals surface area (Å²) in [4.78, 5) is 6.65. The molecule has 1 aliphatic rings. The Hall–Kier alpha value is -1.68. The zero-order valence-electron chi connectivity index (χ0n) is 18.0. The number of nitrogens with zero attached hydrogens (tertiary/aromatic N) is 1. The molecule has 0 radical (unpaired) electrons. The molecular weight excluding hydrogens is 334 g/mol. The van der Waals surface area contributed by atoms with Gasteiger partial charge in [-0.15, -0.1) is 0 Å². The Morgan fingerprint density at radius 3 is 2.04 bits per heavy atom. The zero-order chi connectivity index (χ0) is 20.3. The van der Waals surface area contributed by atoms with Gasteiger partial charge in [0.1, 0.15) is 6.61 Å². The highest BCUT2D eigenvalue weighted by Gasteiger charge is 2.37. The third-order valence-corrected chi connectivity index (χ3v) is 5.15. The smallest absolute Gasteiger partial charge is 0.107 e. The van der Waals surface area contributed by atoms with Crippen LogP contribution in [-0.4, -0.2) is 30.3 Å². The van der Waals surface area contributed by atoms with E-state index in [1.54, 1.807) is 0 Å². The molecule has 27 heavy (non-hydrogen) atoms. The number of hydrogen-bond donors (Lipinski definition) is 1. The highest BCUT2D eigenvalue weighted by molar-refractivity contribution is 5.42.